The van der Waals surface area contributed by atoms with Gasteiger partial charge in [-0.05, 0) is 57.3 Å². The number of para-hydroxylation sites is 1. The number of unbranched alkanes of at least 4 members (excludes halogenated alkanes) is 1. The van der Waals surface area contributed by atoms with E-state index in [9.17, 15) is 18.7 Å². The Kier molecular flexibility index (Phi) is 8.06. The van der Waals surface area contributed by atoms with E-state index in [1.807, 2.05) is 0 Å². The number of hydrogen-bond donors (Lipinski definition) is 3. The Balaban J connectivity index is 1.72. The fourth-order valence-electron chi connectivity index (χ4n) is 3.19. The Hall–Kier alpha value is -1.93. The lowest BCUT2D eigenvalue weighted by molar-refractivity contribution is -0.0493. The van der Waals surface area contributed by atoms with Gasteiger partial charge in [-0.25, -0.2) is 4.79 Å². The van der Waals surface area contributed by atoms with Crippen LogP contribution in [0.2, 0.25) is 0 Å². The smallest absolute Gasteiger partial charge is 0.387 e. The zero-order valence-corrected chi connectivity index (χ0v) is 15.0. The number of rotatable bonds is 9. The second kappa shape index (κ2) is 10.3. The minimum Gasteiger partial charge on any atom is -0.433 e. The number of aryl methyl sites for hydroxylation is 1. The maximum Gasteiger partial charge on any atom is 0.387 e. The second-order valence-electron chi connectivity index (χ2n) is 6.43. The maximum atomic E-state index is 12.5. The first-order chi connectivity index (χ1) is 12.5. The summed E-state index contributed by atoms with van der Waals surface area (Å²) in [6.45, 7) is 1.36. The summed E-state index contributed by atoms with van der Waals surface area (Å²) in [5, 5.41) is 14.6. The molecule has 0 aromatic heterocycles. The average molecular weight is 371 g/mol. The van der Waals surface area contributed by atoms with Crippen molar-refractivity contribution in [1.82, 2.24) is 10.2 Å². The van der Waals surface area contributed by atoms with E-state index in [1.54, 1.807) is 19.1 Å². The third kappa shape index (κ3) is 6.10. The van der Waals surface area contributed by atoms with Crippen LogP contribution in [-0.2, 0) is 0 Å². The lowest BCUT2D eigenvalue weighted by Gasteiger charge is -2.22. The van der Waals surface area contributed by atoms with Crippen LogP contribution < -0.4 is 15.4 Å². The topological polar surface area (TPSA) is 73.8 Å². The molecule has 2 amide bonds. The molecule has 1 aromatic carbocycles. The first kappa shape index (κ1) is 20.4. The molecule has 26 heavy (non-hydrogen) atoms. The van der Waals surface area contributed by atoms with Gasteiger partial charge >= 0.3 is 12.6 Å². The van der Waals surface area contributed by atoms with Crippen molar-refractivity contribution < 1.29 is 23.4 Å². The van der Waals surface area contributed by atoms with Crippen LogP contribution in [0.4, 0.5) is 19.3 Å². The zero-order chi connectivity index (χ0) is 18.9. The number of anilines is 1. The lowest BCUT2D eigenvalue weighted by Crippen LogP contribution is -2.34. The van der Waals surface area contributed by atoms with Gasteiger partial charge in [0.2, 0.25) is 0 Å². The number of urea groups is 1. The van der Waals surface area contributed by atoms with Crippen molar-refractivity contribution >= 4 is 11.7 Å². The highest BCUT2D eigenvalue weighted by atomic mass is 19.3. The summed E-state index contributed by atoms with van der Waals surface area (Å²) in [7, 11) is 0. The van der Waals surface area contributed by atoms with Gasteiger partial charge in [-0.3, -0.25) is 4.90 Å². The molecular formula is C18H27F2N3O3. The number of nitrogens with zero attached hydrogens (tertiary/aromatic N) is 1. The highest BCUT2D eigenvalue weighted by molar-refractivity contribution is 5.91. The first-order valence-electron chi connectivity index (χ1n) is 8.95. The molecule has 146 valence electrons. The Bertz CT molecular complexity index is 587. The third-order valence-corrected chi connectivity index (χ3v) is 4.56. The van der Waals surface area contributed by atoms with Gasteiger partial charge in [0.1, 0.15) is 5.75 Å². The van der Waals surface area contributed by atoms with Gasteiger partial charge in [0.05, 0.1) is 12.3 Å². The van der Waals surface area contributed by atoms with Gasteiger partial charge < -0.3 is 20.5 Å². The Morgan fingerprint density at radius 3 is 2.96 bits per heavy atom. The van der Waals surface area contributed by atoms with Crippen molar-refractivity contribution in [2.45, 2.75) is 45.3 Å². The quantitative estimate of drug-likeness (QED) is 0.584. The number of likely N-dealkylation sites (tertiary alicyclic amines) is 1. The van der Waals surface area contributed by atoms with Crippen LogP contribution in [0.1, 0.15) is 31.2 Å². The fourth-order valence-corrected chi connectivity index (χ4v) is 3.19. The van der Waals surface area contributed by atoms with Gasteiger partial charge in [-0.15, -0.1) is 0 Å². The van der Waals surface area contributed by atoms with Crippen LogP contribution in [0.15, 0.2) is 18.2 Å². The van der Waals surface area contributed by atoms with Crippen molar-refractivity contribution in [3.05, 3.63) is 23.8 Å². The Morgan fingerprint density at radius 2 is 2.23 bits per heavy atom. The number of aliphatic hydroxyl groups excluding tert-OH is 1. The Morgan fingerprint density at radius 1 is 1.42 bits per heavy atom. The average Bonchev–Trinajstić information content (AvgIpc) is 3.04. The largest absolute Gasteiger partial charge is 0.433 e. The van der Waals surface area contributed by atoms with E-state index >= 15 is 0 Å². The van der Waals surface area contributed by atoms with E-state index in [0.717, 1.165) is 38.8 Å². The molecule has 1 aromatic rings. The molecule has 8 heteroatoms. The van der Waals surface area contributed by atoms with Crippen LogP contribution in [0.5, 0.6) is 5.75 Å². The minimum absolute atomic E-state index is 0.0563. The number of carbonyl (C=O) groups excluding carboxylic acids is 1. The predicted octanol–water partition coefficient (Wildman–Crippen LogP) is 2.95. The highest BCUT2D eigenvalue weighted by Gasteiger charge is 2.22. The van der Waals surface area contributed by atoms with E-state index < -0.39 is 12.6 Å². The molecule has 0 bridgehead atoms. The monoisotopic (exact) mass is 371 g/mol. The summed E-state index contributed by atoms with van der Waals surface area (Å²) in [6, 6.07) is 4.51. The molecule has 2 rings (SSSR count). The molecule has 6 nitrogen and oxygen atoms in total. The van der Waals surface area contributed by atoms with Crippen LogP contribution in [0.25, 0.3) is 0 Å². The van der Waals surface area contributed by atoms with Crippen molar-refractivity contribution in [3.63, 3.8) is 0 Å². The number of alkyl halides is 2. The summed E-state index contributed by atoms with van der Waals surface area (Å²) >= 11 is 0. The third-order valence-electron chi connectivity index (χ3n) is 4.56. The molecule has 1 saturated heterocycles. The van der Waals surface area contributed by atoms with Gasteiger partial charge in [0, 0.05) is 12.6 Å². The maximum absolute atomic E-state index is 12.5. The fraction of sp³-hybridized carbons (Fsp3) is 0.611. The molecule has 0 saturated carbocycles. The molecule has 1 aliphatic rings. The van der Waals surface area contributed by atoms with Gasteiger partial charge in [0.25, 0.3) is 0 Å². The van der Waals surface area contributed by atoms with E-state index in [2.05, 4.69) is 20.3 Å². The molecular weight excluding hydrogens is 344 g/mol. The number of aliphatic hydroxyl groups is 1. The number of halogens is 2. The summed E-state index contributed by atoms with van der Waals surface area (Å²) in [5.41, 5.74) is 0.885. The van der Waals surface area contributed by atoms with Gasteiger partial charge in [0.15, 0.2) is 0 Å². The van der Waals surface area contributed by atoms with Crippen molar-refractivity contribution in [2.24, 2.45) is 0 Å². The molecule has 0 aliphatic carbocycles. The minimum atomic E-state index is -2.95. The molecule has 3 N–H and O–H groups in total. The SMILES string of the molecule is Cc1cccc(OC(F)F)c1NC(=O)NCCCCN1CCCC1CO. The van der Waals surface area contributed by atoms with Crippen LogP contribution in [0, 0.1) is 6.92 Å². The van der Waals surface area contributed by atoms with Gasteiger partial charge in [-0.2, -0.15) is 8.78 Å². The number of hydrogen-bond acceptors (Lipinski definition) is 4. The summed E-state index contributed by atoms with van der Waals surface area (Å²) in [6.07, 6.45) is 3.87. The van der Waals surface area contributed by atoms with Crippen LogP contribution in [0.3, 0.4) is 0 Å². The molecule has 1 atom stereocenters. The van der Waals surface area contributed by atoms with Crippen molar-refractivity contribution in [2.75, 3.05) is 31.6 Å². The number of carbonyl (C=O) groups is 1. The van der Waals surface area contributed by atoms with Crippen molar-refractivity contribution in [1.29, 1.82) is 0 Å². The van der Waals surface area contributed by atoms with E-state index in [4.69, 9.17) is 0 Å². The molecule has 0 spiro atoms. The number of amides is 2. The standard InChI is InChI=1S/C18H27F2N3O3/c1-13-6-4-8-15(26-17(19)20)16(13)22-18(25)21-9-2-3-10-23-11-5-7-14(23)12-24/h4,6,8,14,17,24H,2-3,5,7,9-12H2,1H3,(H2,21,22,25). The number of ether oxygens (including phenoxy) is 1. The van der Waals surface area contributed by atoms with E-state index in [1.165, 1.54) is 6.07 Å². The van der Waals surface area contributed by atoms with Crippen LogP contribution in [-0.4, -0.2) is 54.9 Å². The number of benzene rings is 1. The van der Waals surface area contributed by atoms with Crippen molar-refractivity contribution in [3.8, 4) is 5.75 Å². The van der Waals surface area contributed by atoms with E-state index in [0.29, 0.717) is 12.1 Å². The van der Waals surface area contributed by atoms with Gasteiger partial charge in [-0.1, -0.05) is 12.1 Å². The summed E-state index contributed by atoms with van der Waals surface area (Å²) in [5.74, 6) is -0.0563. The second-order valence-corrected chi connectivity index (χ2v) is 6.43. The highest BCUT2D eigenvalue weighted by Crippen LogP contribution is 2.29. The Labute approximate surface area is 152 Å². The summed E-state index contributed by atoms with van der Waals surface area (Å²) < 4.78 is 29.4. The molecule has 1 unspecified atom stereocenters. The molecule has 1 fully saturated rings. The lowest BCUT2D eigenvalue weighted by atomic mass is 10.2. The molecule has 1 heterocycles. The predicted molar refractivity (Wildman–Crippen MR) is 95.7 cm³/mol. The number of nitrogens with one attached hydrogen (secondary N) is 2. The molecule has 1 aliphatic heterocycles. The van der Waals surface area contributed by atoms with E-state index in [-0.39, 0.29) is 24.1 Å². The van der Waals surface area contributed by atoms with Crippen LogP contribution >= 0.6 is 0 Å². The first-order valence-corrected chi connectivity index (χ1v) is 8.95. The zero-order valence-electron chi connectivity index (χ0n) is 15.0. The molecule has 0 radical (unpaired) electrons. The summed E-state index contributed by atoms with van der Waals surface area (Å²) in [4.78, 5) is 14.3. The normalized spacial score (nSPS) is 17.5.